The van der Waals surface area contributed by atoms with Gasteiger partial charge in [-0.05, 0) is 37.3 Å². The largest absolute Gasteiger partial charge is 0.452 e. The Morgan fingerprint density at radius 1 is 1.12 bits per heavy atom. The normalized spacial score (nSPS) is 13.0. The van der Waals surface area contributed by atoms with Gasteiger partial charge in [0, 0.05) is 18.1 Å². The standard InChI is InChI=1S/C19H21N3O4/c1-20-16(23)10-21-17(24)11-26-19(25)18-12-6-2-4-8-14(12)22-15-9-5-3-7-13(15)18/h2,4,6,8H,3,5,7,9-11H2,1H3,(H,20,23)(H,21,24). The zero-order valence-corrected chi connectivity index (χ0v) is 14.6. The van der Waals surface area contributed by atoms with Crippen molar-refractivity contribution in [3.63, 3.8) is 0 Å². The first kappa shape index (κ1) is 17.8. The molecule has 0 saturated heterocycles. The molecule has 1 aliphatic rings. The number of rotatable bonds is 5. The number of amides is 2. The van der Waals surface area contributed by atoms with E-state index in [-0.39, 0.29) is 12.5 Å². The molecule has 26 heavy (non-hydrogen) atoms. The van der Waals surface area contributed by atoms with Gasteiger partial charge in [0.15, 0.2) is 6.61 Å². The van der Waals surface area contributed by atoms with Crippen LogP contribution >= 0.6 is 0 Å². The highest BCUT2D eigenvalue weighted by Crippen LogP contribution is 2.29. The van der Waals surface area contributed by atoms with Gasteiger partial charge in [0.2, 0.25) is 5.91 Å². The summed E-state index contributed by atoms with van der Waals surface area (Å²) < 4.78 is 5.22. The Labute approximate surface area is 151 Å². The lowest BCUT2D eigenvalue weighted by Crippen LogP contribution is -2.37. The number of carbonyl (C=O) groups excluding carboxylic acids is 3. The van der Waals surface area contributed by atoms with Gasteiger partial charge in [-0.1, -0.05) is 18.2 Å². The average molecular weight is 355 g/mol. The van der Waals surface area contributed by atoms with Crippen LogP contribution < -0.4 is 10.6 Å². The zero-order chi connectivity index (χ0) is 18.5. The van der Waals surface area contributed by atoms with Gasteiger partial charge >= 0.3 is 5.97 Å². The maximum Gasteiger partial charge on any atom is 0.339 e. The quantitative estimate of drug-likeness (QED) is 0.784. The number of aryl methyl sites for hydroxylation is 1. The van der Waals surface area contributed by atoms with Crippen molar-refractivity contribution in [3.8, 4) is 0 Å². The Morgan fingerprint density at radius 2 is 1.88 bits per heavy atom. The van der Waals surface area contributed by atoms with Crippen molar-refractivity contribution in [1.82, 2.24) is 15.6 Å². The van der Waals surface area contributed by atoms with Crippen LogP contribution in [0.5, 0.6) is 0 Å². The van der Waals surface area contributed by atoms with Crippen LogP contribution in [0.15, 0.2) is 24.3 Å². The van der Waals surface area contributed by atoms with E-state index in [1.807, 2.05) is 24.3 Å². The van der Waals surface area contributed by atoms with Gasteiger partial charge < -0.3 is 15.4 Å². The first-order valence-corrected chi connectivity index (χ1v) is 8.65. The number of para-hydroxylation sites is 1. The van der Waals surface area contributed by atoms with E-state index in [2.05, 4.69) is 15.6 Å². The molecule has 1 aromatic heterocycles. The number of hydrogen-bond donors (Lipinski definition) is 2. The number of esters is 1. The fraction of sp³-hybridized carbons (Fsp3) is 0.368. The highest BCUT2D eigenvalue weighted by atomic mass is 16.5. The average Bonchev–Trinajstić information content (AvgIpc) is 2.68. The van der Waals surface area contributed by atoms with Gasteiger partial charge in [-0.2, -0.15) is 0 Å². The molecule has 2 N–H and O–H groups in total. The van der Waals surface area contributed by atoms with Crippen LogP contribution in [0.25, 0.3) is 10.9 Å². The molecule has 0 spiro atoms. The van der Waals surface area contributed by atoms with E-state index in [1.54, 1.807) is 0 Å². The summed E-state index contributed by atoms with van der Waals surface area (Å²) in [6, 6.07) is 7.45. The summed E-state index contributed by atoms with van der Waals surface area (Å²) in [6.07, 6.45) is 3.67. The lowest BCUT2D eigenvalue weighted by molar-refractivity contribution is -0.127. The monoisotopic (exact) mass is 355 g/mol. The van der Waals surface area contributed by atoms with Gasteiger partial charge in [-0.25, -0.2) is 4.79 Å². The molecular formula is C19H21N3O4. The van der Waals surface area contributed by atoms with Crippen molar-refractivity contribution < 1.29 is 19.1 Å². The molecule has 0 bridgehead atoms. The third-order valence-corrected chi connectivity index (χ3v) is 4.43. The lowest BCUT2D eigenvalue weighted by Gasteiger charge is -2.19. The Hall–Kier alpha value is -2.96. The molecule has 2 amide bonds. The lowest BCUT2D eigenvalue weighted by atomic mass is 9.90. The second kappa shape index (κ2) is 7.95. The van der Waals surface area contributed by atoms with Gasteiger partial charge in [-0.3, -0.25) is 14.6 Å². The van der Waals surface area contributed by atoms with Crippen LogP contribution in [0.1, 0.15) is 34.5 Å². The Balaban J connectivity index is 1.79. The summed E-state index contributed by atoms with van der Waals surface area (Å²) in [4.78, 5) is 40.3. The van der Waals surface area contributed by atoms with Gasteiger partial charge in [0.25, 0.3) is 5.91 Å². The highest BCUT2D eigenvalue weighted by molar-refractivity contribution is 6.05. The number of nitrogens with zero attached hydrogens (tertiary/aromatic N) is 1. The summed E-state index contributed by atoms with van der Waals surface area (Å²) in [7, 11) is 1.48. The number of likely N-dealkylation sites (N-methyl/N-ethyl adjacent to an activating group) is 1. The summed E-state index contributed by atoms with van der Waals surface area (Å²) in [6.45, 7) is -0.582. The molecular weight excluding hydrogens is 334 g/mol. The molecule has 0 saturated carbocycles. The third kappa shape index (κ3) is 3.82. The van der Waals surface area contributed by atoms with E-state index in [4.69, 9.17) is 4.74 Å². The van der Waals surface area contributed by atoms with Crippen LogP contribution in [0, 0.1) is 0 Å². The van der Waals surface area contributed by atoms with Crippen molar-refractivity contribution in [2.75, 3.05) is 20.2 Å². The highest BCUT2D eigenvalue weighted by Gasteiger charge is 2.24. The second-order valence-electron chi connectivity index (χ2n) is 6.16. The second-order valence-corrected chi connectivity index (χ2v) is 6.16. The zero-order valence-electron chi connectivity index (χ0n) is 14.6. The number of carbonyl (C=O) groups is 3. The minimum Gasteiger partial charge on any atom is -0.452 e. The fourth-order valence-corrected chi connectivity index (χ4v) is 3.13. The molecule has 0 aliphatic heterocycles. The Bertz CT molecular complexity index is 863. The number of pyridine rings is 1. The molecule has 3 rings (SSSR count). The Morgan fingerprint density at radius 3 is 2.69 bits per heavy atom. The Kier molecular flexibility index (Phi) is 5.46. The van der Waals surface area contributed by atoms with E-state index in [0.717, 1.165) is 47.8 Å². The predicted octanol–water partition coefficient (Wildman–Crippen LogP) is 1.13. The summed E-state index contributed by atoms with van der Waals surface area (Å²) in [5.41, 5.74) is 3.12. The molecule has 0 unspecified atom stereocenters. The van der Waals surface area contributed by atoms with E-state index in [9.17, 15) is 14.4 Å². The molecule has 1 aliphatic carbocycles. The number of benzene rings is 1. The van der Waals surface area contributed by atoms with Crippen LogP contribution in [0.4, 0.5) is 0 Å². The number of fused-ring (bicyclic) bond motifs is 2. The number of hydrogen-bond acceptors (Lipinski definition) is 5. The fourth-order valence-electron chi connectivity index (χ4n) is 3.13. The topological polar surface area (TPSA) is 97.4 Å². The van der Waals surface area contributed by atoms with Crippen molar-refractivity contribution >= 4 is 28.7 Å². The molecule has 0 atom stereocenters. The number of ether oxygens (including phenoxy) is 1. The van der Waals surface area contributed by atoms with E-state index in [0.29, 0.717) is 5.56 Å². The van der Waals surface area contributed by atoms with E-state index < -0.39 is 18.5 Å². The summed E-state index contributed by atoms with van der Waals surface area (Å²) in [5, 5.41) is 5.54. The van der Waals surface area contributed by atoms with Gasteiger partial charge in [-0.15, -0.1) is 0 Å². The molecule has 1 heterocycles. The first-order valence-electron chi connectivity index (χ1n) is 8.65. The first-order chi connectivity index (χ1) is 12.6. The maximum atomic E-state index is 12.7. The third-order valence-electron chi connectivity index (χ3n) is 4.43. The minimum absolute atomic E-state index is 0.152. The van der Waals surface area contributed by atoms with Crippen molar-refractivity contribution in [3.05, 3.63) is 41.1 Å². The molecule has 0 radical (unpaired) electrons. The summed E-state index contributed by atoms with van der Waals surface area (Å²) in [5.74, 6) is -1.37. The molecule has 136 valence electrons. The molecule has 0 fully saturated rings. The van der Waals surface area contributed by atoms with Crippen molar-refractivity contribution in [2.45, 2.75) is 25.7 Å². The maximum absolute atomic E-state index is 12.7. The van der Waals surface area contributed by atoms with E-state index >= 15 is 0 Å². The number of nitrogens with one attached hydrogen (secondary N) is 2. The molecule has 2 aromatic rings. The predicted molar refractivity (Wildman–Crippen MR) is 95.7 cm³/mol. The smallest absolute Gasteiger partial charge is 0.339 e. The minimum atomic E-state index is -0.531. The molecule has 7 nitrogen and oxygen atoms in total. The van der Waals surface area contributed by atoms with Crippen LogP contribution in [-0.4, -0.2) is 43.0 Å². The van der Waals surface area contributed by atoms with Crippen molar-refractivity contribution in [2.24, 2.45) is 0 Å². The van der Waals surface area contributed by atoms with Crippen molar-refractivity contribution in [1.29, 1.82) is 0 Å². The molecule has 7 heteroatoms. The summed E-state index contributed by atoms with van der Waals surface area (Å²) >= 11 is 0. The molecule has 1 aromatic carbocycles. The van der Waals surface area contributed by atoms with Crippen LogP contribution in [0.3, 0.4) is 0 Å². The SMILES string of the molecule is CNC(=O)CNC(=O)COC(=O)c1c2c(nc3ccccc13)CCCC2. The van der Waals surface area contributed by atoms with Crippen LogP contribution in [0.2, 0.25) is 0 Å². The van der Waals surface area contributed by atoms with Crippen LogP contribution in [-0.2, 0) is 27.2 Å². The van der Waals surface area contributed by atoms with E-state index in [1.165, 1.54) is 7.05 Å². The van der Waals surface area contributed by atoms with Gasteiger partial charge in [0.05, 0.1) is 17.6 Å². The van der Waals surface area contributed by atoms with Gasteiger partial charge in [0.1, 0.15) is 0 Å². The number of aromatic nitrogens is 1.